The van der Waals surface area contributed by atoms with Gasteiger partial charge in [-0.05, 0) is 52.0 Å². The third-order valence-corrected chi connectivity index (χ3v) is 8.47. The highest BCUT2D eigenvalue weighted by atomic mass is 16.5. The molecule has 2 aromatic rings. The molecular weight excluding hydrogens is 468 g/mol. The maximum Gasteiger partial charge on any atom is 0.256 e. The van der Waals surface area contributed by atoms with E-state index in [0.29, 0.717) is 30.8 Å². The molecule has 0 radical (unpaired) electrons. The molecule has 8 nitrogen and oxygen atoms in total. The lowest BCUT2D eigenvalue weighted by Gasteiger charge is -2.32. The Kier molecular flexibility index (Phi) is 7.57. The second kappa shape index (κ2) is 10.5. The largest absolute Gasteiger partial charge is 0.493 e. The van der Waals surface area contributed by atoms with Gasteiger partial charge in [-0.2, -0.15) is 0 Å². The van der Waals surface area contributed by atoms with Crippen molar-refractivity contribution < 1.29 is 19.1 Å². The maximum atomic E-state index is 12.9. The molecule has 2 aliphatic heterocycles. The molecule has 4 rings (SSSR count). The molecule has 0 N–H and O–H groups in total. The number of benzene rings is 2. The molecule has 4 atom stereocenters. The van der Waals surface area contributed by atoms with E-state index >= 15 is 0 Å². The number of carbonyl (C=O) groups excluding carboxylic acids is 2. The summed E-state index contributed by atoms with van der Waals surface area (Å²) < 4.78 is 12.0. The number of likely N-dealkylation sites (N-methyl/N-ethyl adjacent to an activating group) is 4. The second-order valence-corrected chi connectivity index (χ2v) is 10.4. The van der Waals surface area contributed by atoms with Gasteiger partial charge in [0.05, 0.1) is 35.7 Å². The fourth-order valence-electron chi connectivity index (χ4n) is 5.07. The van der Waals surface area contributed by atoms with Crippen molar-refractivity contribution in [2.75, 3.05) is 51.2 Å². The lowest BCUT2D eigenvalue weighted by Crippen LogP contribution is -2.45. The van der Waals surface area contributed by atoms with Crippen LogP contribution in [0.1, 0.15) is 54.8 Å². The van der Waals surface area contributed by atoms with Gasteiger partial charge in [0.2, 0.25) is 0 Å². The number of ether oxygens (including phenoxy) is 2. The van der Waals surface area contributed by atoms with E-state index in [4.69, 9.17) is 9.47 Å². The van der Waals surface area contributed by atoms with Crippen molar-refractivity contribution in [2.24, 2.45) is 0 Å². The quantitative estimate of drug-likeness (QED) is 0.547. The third-order valence-electron chi connectivity index (χ3n) is 8.47. The van der Waals surface area contributed by atoms with Crippen LogP contribution in [0.3, 0.4) is 0 Å². The molecule has 37 heavy (non-hydrogen) atoms. The average Bonchev–Trinajstić information content (AvgIpc) is 3.00. The molecule has 0 bridgehead atoms. The Hall–Kier alpha value is -3.42. The number of amides is 2. The first-order valence-corrected chi connectivity index (χ1v) is 13.1. The summed E-state index contributed by atoms with van der Waals surface area (Å²) in [7, 11) is 7.76. The van der Waals surface area contributed by atoms with Crippen LogP contribution in [0.2, 0.25) is 0 Å². The van der Waals surface area contributed by atoms with E-state index in [1.54, 1.807) is 9.80 Å². The smallest absolute Gasteiger partial charge is 0.256 e. The van der Waals surface area contributed by atoms with Crippen molar-refractivity contribution in [1.82, 2.24) is 9.80 Å². The molecule has 8 heteroatoms. The standard InChI is InChI=1S/C29H40N4O4/c1-18-20(3)32(7)28(34)24-12-10-22(16-26(24)30(18)5)36-14-9-15-37-23-11-13-25-27(17-23)31(6)19(2)21(4)33(8)29(25)35/h10-13,16-21H,9,14-15H2,1-8H3/t18?,19?,20-,21-/m0/s1. The van der Waals surface area contributed by atoms with E-state index in [1.807, 2.05) is 64.6 Å². The minimum Gasteiger partial charge on any atom is -0.493 e. The Balaban J connectivity index is 1.36. The molecule has 0 saturated heterocycles. The van der Waals surface area contributed by atoms with Gasteiger partial charge in [-0.25, -0.2) is 0 Å². The zero-order valence-corrected chi connectivity index (χ0v) is 23.3. The molecule has 2 unspecified atom stereocenters. The topological polar surface area (TPSA) is 65.6 Å². The van der Waals surface area contributed by atoms with Crippen LogP contribution in [0.4, 0.5) is 11.4 Å². The summed E-state index contributed by atoms with van der Waals surface area (Å²) in [5, 5.41) is 0. The number of fused-ring (bicyclic) bond motifs is 2. The van der Waals surface area contributed by atoms with Gasteiger partial charge in [0.1, 0.15) is 11.5 Å². The summed E-state index contributed by atoms with van der Waals surface area (Å²) >= 11 is 0. The van der Waals surface area contributed by atoms with Crippen LogP contribution in [0.5, 0.6) is 11.5 Å². The monoisotopic (exact) mass is 508 g/mol. The normalized spacial score (nSPS) is 23.9. The van der Waals surface area contributed by atoms with E-state index in [9.17, 15) is 9.59 Å². The molecule has 0 aliphatic carbocycles. The first-order valence-electron chi connectivity index (χ1n) is 13.1. The Morgan fingerprint density at radius 3 is 1.32 bits per heavy atom. The molecule has 2 amide bonds. The van der Waals surface area contributed by atoms with Crippen LogP contribution in [-0.4, -0.2) is 87.2 Å². The molecule has 200 valence electrons. The number of carbonyl (C=O) groups is 2. The summed E-state index contributed by atoms with van der Waals surface area (Å²) in [5.41, 5.74) is 3.16. The second-order valence-electron chi connectivity index (χ2n) is 10.4. The fourth-order valence-corrected chi connectivity index (χ4v) is 5.07. The zero-order valence-electron chi connectivity index (χ0n) is 23.3. The van der Waals surface area contributed by atoms with E-state index in [1.165, 1.54) is 0 Å². The highest BCUT2D eigenvalue weighted by molar-refractivity contribution is 6.01. The molecule has 0 fully saturated rings. The molecule has 2 heterocycles. The van der Waals surface area contributed by atoms with Crippen LogP contribution in [0.25, 0.3) is 0 Å². The molecule has 0 saturated carbocycles. The van der Waals surface area contributed by atoms with Gasteiger partial charge in [0.15, 0.2) is 0 Å². The average molecular weight is 509 g/mol. The van der Waals surface area contributed by atoms with Gasteiger partial charge in [-0.15, -0.1) is 0 Å². The summed E-state index contributed by atoms with van der Waals surface area (Å²) in [6, 6.07) is 11.9. The minimum atomic E-state index is 0.0299. The molecule has 2 aromatic carbocycles. The van der Waals surface area contributed by atoms with Gasteiger partial charge in [-0.1, -0.05) is 0 Å². The molecule has 2 aliphatic rings. The molecule has 0 aromatic heterocycles. The number of rotatable bonds is 6. The van der Waals surface area contributed by atoms with E-state index in [-0.39, 0.29) is 36.0 Å². The lowest BCUT2D eigenvalue weighted by molar-refractivity contribution is 0.0730. The minimum absolute atomic E-state index is 0.0299. The predicted molar refractivity (Wildman–Crippen MR) is 147 cm³/mol. The number of hydrogen-bond donors (Lipinski definition) is 0. The Labute approximate surface area is 220 Å². The van der Waals surface area contributed by atoms with Crippen LogP contribution < -0.4 is 19.3 Å². The van der Waals surface area contributed by atoms with Gasteiger partial charge >= 0.3 is 0 Å². The van der Waals surface area contributed by atoms with Crippen LogP contribution >= 0.6 is 0 Å². The van der Waals surface area contributed by atoms with Crippen molar-refractivity contribution in [3.63, 3.8) is 0 Å². The highest BCUT2D eigenvalue weighted by Crippen LogP contribution is 2.33. The lowest BCUT2D eigenvalue weighted by atomic mass is 10.1. The van der Waals surface area contributed by atoms with Crippen molar-refractivity contribution in [3.05, 3.63) is 47.5 Å². The third kappa shape index (κ3) is 4.93. The van der Waals surface area contributed by atoms with E-state index < -0.39 is 0 Å². The van der Waals surface area contributed by atoms with Crippen molar-refractivity contribution in [1.29, 1.82) is 0 Å². The number of anilines is 2. The number of hydrogen-bond acceptors (Lipinski definition) is 6. The van der Waals surface area contributed by atoms with Gasteiger partial charge in [0, 0.05) is 70.9 Å². The highest BCUT2D eigenvalue weighted by Gasteiger charge is 2.33. The fraction of sp³-hybridized carbons (Fsp3) is 0.517. The first kappa shape index (κ1) is 26.6. The Morgan fingerprint density at radius 2 is 0.946 bits per heavy atom. The van der Waals surface area contributed by atoms with Gasteiger partial charge < -0.3 is 29.1 Å². The van der Waals surface area contributed by atoms with Crippen molar-refractivity contribution >= 4 is 23.2 Å². The first-order chi connectivity index (χ1) is 17.5. The predicted octanol–water partition coefficient (Wildman–Crippen LogP) is 4.13. The van der Waals surface area contributed by atoms with Gasteiger partial charge in [-0.3, -0.25) is 9.59 Å². The van der Waals surface area contributed by atoms with Crippen LogP contribution in [0, 0.1) is 0 Å². The van der Waals surface area contributed by atoms with Crippen LogP contribution in [0.15, 0.2) is 36.4 Å². The van der Waals surface area contributed by atoms with Crippen molar-refractivity contribution in [3.8, 4) is 11.5 Å². The summed E-state index contributed by atoms with van der Waals surface area (Å²) in [5.74, 6) is 1.53. The van der Waals surface area contributed by atoms with E-state index in [0.717, 1.165) is 22.9 Å². The Bertz CT molecular complexity index is 1080. The zero-order chi connectivity index (χ0) is 27.0. The molecule has 0 spiro atoms. The summed E-state index contributed by atoms with van der Waals surface area (Å²) in [6.45, 7) is 9.38. The molecular formula is C29H40N4O4. The summed E-state index contributed by atoms with van der Waals surface area (Å²) in [4.78, 5) is 33.7. The maximum absolute atomic E-state index is 12.9. The van der Waals surface area contributed by atoms with E-state index in [2.05, 4.69) is 37.5 Å². The SMILES string of the molecule is CC1[C@H](C)N(C)C(=O)c2ccc(OCCCOc3ccc4c(c3)N(C)C(C)[C@H](C)N(C)C4=O)cc2N1C. The van der Waals surface area contributed by atoms with Crippen molar-refractivity contribution in [2.45, 2.75) is 58.3 Å². The Morgan fingerprint density at radius 1 is 0.595 bits per heavy atom. The van der Waals surface area contributed by atoms with Crippen LogP contribution in [-0.2, 0) is 0 Å². The number of nitrogens with zero attached hydrogens (tertiary/aromatic N) is 4. The van der Waals surface area contributed by atoms with Gasteiger partial charge in [0.25, 0.3) is 11.8 Å². The summed E-state index contributed by atoms with van der Waals surface area (Å²) in [6.07, 6.45) is 0.698.